The van der Waals surface area contributed by atoms with Gasteiger partial charge in [-0.1, -0.05) is 12.1 Å². The molecule has 0 radical (unpaired) electrons. The molecule has 2 aromatic carbocycles. The molecule has 160 valence electrons. The molecule has 0 fully saturated rings. The minimum absolute atomic E-state index is 0.113. The van der Waals surface area contributed by atoms with Gasteiger partial charge in [0, 0.05) is 23.7 Å². The summed E-state index contributed by atoms with van der Waals surface area (Å²) in [6.45, 7) is 3.68. The maximum atomic E-state index is 12.9. The molecule has 2 heterocycles. The average Bonchev–Trinajstić information content (AvgIpc) is 3.08. The number of nitrogens with zero attached hydrogens (tertiary/aromatic N) is 2. The lowest BCUT2D eigenvalue weighted by molar-refractivity contribution is -0.128. The van der Waals surface area contributed by atoms with E-state index in [1.807, 2.05) is 26.0 Å². The summed E-state index contributed by atoms with van der Waals surface area (Å²) in [5, 5.41) is 3.70. The van der Waals surface area contributed by atoms with Gasteiger partial charge in [-0.05, 0) is 49.7 Å². The molecule has 8 heteroatoms. The largest absolute Gasteiger partial charge is 0.497 e. The van der Waals surface area contributed by atoms with E-state index in [0.29, 0.717) is 17.0 Å². The Hall–Kier alpha value is -3.81. The number of nitrogens with one attached hydrogen (secondary N) is 1. The van der Waals surface area contributed by atoms with Crippen molar-refractivity contribution in [3.63, 3.8) is 0 Å². The minimum atomic E-state index is -0.805. The highest BCUT2D eigenvalue weighted by Crippen LogP contribution is 2.34. The molecule has 1 unspecified atom stereocenters. The summed E-state index contributed by atoms with van der Waals surface area (Å²) in [4.78, 5) is 31.1. The van der Waals surface area contributed by atoms with Crippen molar-refractivity contribution in [2.24, 2.45) is 10.7 Å². The zero-order valence-electron chi connectivity index (χ0n) is 17.9. The van der Waals surface area contributed by atoms with Crippen molar-refractivity contribution in [1.82, 2.24) is 4.90 Å². The Morgan fingerprint density at radius 2 is 2.06 bits per heavy atom. The summed E-state index contributed by atoms with van der Waals surface area (Å²) in [5.41, 5.74) is 7.80. The Balaban J connectivity index is 1.63. The first kappa shape index (κ1) is 20.5. The Bertz CT molecular complexity index is 1230. The van der Waals surface area contributed by atoms with E-state index in [0.717, 1.165) is 16.5 Å². The van der Waals surface area contributed by atoms with E-state index in [-0.39, 0.29) is 30.0 Å². The number of ether oxygens (including phenoxy) is 1. The van der Waals surface area contributed by atoms with Crippen LogP contribution in [-0.4, -0.2) is 36.8 Å². The number of nitrogens with two attached hydrogens (primary N) is 1. The second kappa shape index (κ2) is 7.46. The van der Waals surface area contributed by atoms with Crippen LogP contribution < -0.4 is 15.8 Å². The van der Waals surface area contributed by atoms with Gasteiger partial charge in [0.2, 0.25) is 5.91 Å². The zero-order chi connectivity index (χ0) is 22.3. The number of aryl methyl sites for hydroxylation is 1. The van der Waals surface area contributed by atoms with Crippen molar-refractivity contribution in [3.8, 4) is 5.75 Å². The number of aliphatic imine (C=N–C) groups is 1. The molecule has 3 aromatic rings. The van der Waals surface area contributed by atoms with Crippen molar-refractivity contribution in [2.45, 2.75) is 25.8 Å². The SMILES string of the molecule is COc1ccc2oc(C(=O)Nc3cccc(C4(C)CC(=O)N(C)C(N)=N4)c3)c(C)c2c1. The molecule has 3 N–H and O–H groups in total. The van der Waals surface area contributed by atoms with Crippen molar-refractivity contribution in [2.75, 3.05) is 19.5 Å². The van der Waals surface area contributed by atoms with Crippen LogP contribution in [0.15, 0.2) is 51.9 Å². The topological polar surface area (TPSA) is 110 Å². The standard InChI is InChI=1S/C23H24N4O4/c1-13-17-11-16(30-4)8-9-18(17)31-20(13)21(29)25-15-7-5-6-14(10-15)23(2)12-19(28)27(3)22(24)26-23/h5-11H,12H2,1-4H3,(H2,24,26)(H,25,29). The number of carbonyl (C=O) groups excluding carboxylic acids is 2. The molecule has 1 aliphatic rings. The van der Waals surface area contributed by atoms with Gasteiger partial charge < -0.3 is 20.2 Å². The summed E-state index contributed by atoms with van der Waals surface area (Å²) < 4.78 is 11.0. The molecule has 31 heavy (non-hydrogen) atoms. The maximum Gasteiger partial charge on any atom is 0.291 e. The van der Waals surface area contributed by atoms with E-state index in [2.05, 4.69) is 10.3 Å². The molecule has 0 saturated carbocycles. The summed E-state index contributed by atoms with van der Waals surface area (Å²) >= 11 is 0. The second-order valence-electron chi connectivity index (χ2n) is 7.83. The molecule has 2 amide bonds. The highest BCUT2D eigenvalue weighted by Gasteiger charge is 2.36. The van der Waals surface area contributed by atoms with Gasteiger partial charge in [-0.2, -0.15) is 0 Å². The van der Waals surface area contributed by atoms with Crippen LogP contribution in [0.25, 0.3) is 11.0 Å². The average molecular weight is 420 g/mol. The lowest BCUT2D eigenvalue weighted by Gasteiger charge is -2.33. The van der Waals surface area contributed by atoms with Gasteiger partial charge in [-0.15, -0.1) is 0 Å². The Morgan fingerprint density at radius 1 is 1.29 bits per heavy atom. The lowest BCUT2D eigenvalue weighted by Crippen LogP contribution is -2.47. The van der Waals surface area contributed by atoms with E-state index < -0.39 is 5.54 Å². The number of rotatable bonds is 4. The minimum Gasteiger partial charge on any atom is -0.497 e. The number of methoxy groups -OCH3 is 1. The van der Waals surface area contributed by atoms with Gasteiger partial charge in [-0.3, -0.25) is 14.5 Å². The van der Waals surface area contributed by atoms with Gasteiger partial charge in [0.25, 0.3) is 5.91 Å². The number of benzene rings is 2. The van der Waals surface area contributed by atoms with Crippen molar-refractivity contribution >= 4 is 34.4 Å². The number of fused-ring (bicyclic) bond motifs is 1. The van der Waals surface area contributed by atoms with Crippen LogP contribution in [0.5, 0.6) is 5.75 Å². The monoisotopic (exact) mass is 420 g/mol. The molecular formula is C23H24N4O4. The molecule has 1 atom stereocenters. The van der Waals surface area contributed by atoms with Crippen molar-refractivity contribution < 1.29 is 18.7 Å². The van der Waals surface area contributed by atoms with Crippen LogP contribution >= 0.6 is 0 Å². The fraction of sp³-hybridized carbons (Fsp3) is 0.261. The van der Waals surface area contributed by atoms with Gasteiger partial charge in [0.15, 0.2) is 11.7 Å². The predicted molar refractivity (Wildman–Crippen MR) is 118 cm³/mol. The number of anilines is 1. The molecule has 4 rings (SSSR count). The van der Waals surface area contributed by atoms with Crippen molar-refractivity contribution in [1.29, 1.82) is 0 Å². The number of furan rings is 1. The zero-order valence-corrected chi connectivity index (χ0v) is 17.9. The second-order valence-corrected chi connectivity index (χ2v) is 7.83. The predicted octanol–water partition coefficient (Wildman–Crippen LogP) is 3.39. The summed E-state index contributed by atoms with van der Waals surface area (Å²) in [6, 6.07) is 12.6. The molecular weight excluding hydrogens is 396 g/mol. The third kappa shape index (κ3) is 3.61. The molecule has 0 aliphatic carbocycles. The first-order chi connectivity index (χ1) is 14.7. The van der Waals surface area contributed by atoms with E-state index in [9.17, 15) is 9.59 Å². The fourth-order valence-corrected chi connectivity index (χ4v) is 3.74. The fourth-order valence-electron chi connectivity index (χ4n) is 3.74. The van der Waals surface area contributed by atoms with Gasteiger partial charge in [0.05, 0.1) is 19.1 Å². The van der Waals surface area contributed by atoms with Crippen LogP contribution in [0.1, 0.15) is 35.0 Å². The summed E-state index contributed by atoms with van der Waals surface area (Å²) in [7, 11) is 3.19. The smallest absolute Gasteiger partial charge is 0.291 e. The van der Waals surface area contributed by atoms with E-state index in [1.165, 1.54) is 4.90 Å². The Morgan fingerprint density at radius 3 is 2.77 bits per heavy atom. The maximum absolute atomic E-state index is 12.9. The molecule has 1 aliphatic heterocycles. The van der Waals surface area contributed by atoms with Crippen LogP contribution in [0.3, 0.4) is 0 Å². The highest BCUT2D eigenvalue weighted by atomic mass is 16.5. The van der Waals surface area contributed by atoms with Gasteiger partial charge in [0.1, 0.15) is 11.3 Å². The molecule has 0 saturated heterocycles. The molecule has 8 nitrogen and oxygen atoms in total. The van der Waals surface area contributed by atoms with E-state index in [1.54, 1.807) is 44.5 Å². The lowest BCUT2D eigenvalue weighted by atomic mass is 9.87. The number of hydrogen-bond acceptors (Lipinski definition) is 6. The van der Waals surface area contributed by atoms with Gasteiger partial charge in [-0.25, -0.2) is 4.99 Å². The van der Waals surface area contributed by atoms with Gasteiger partial charge >= 0.3 is 0 Å². The summed E-state index contributed by atoms with van der Waals surface area (Å²) in [5.74, 6) is 0.616. The number of hydrogen-bond donors (Lipinski definition) is 2. The summed E-state index contributed by atoms with van der Waals surface area (Å²) in [6.07, 6.45) is 0.187. The van der Waals surface area contributed by atoms with E-state index >= 15 is 0 Å². The first-order valence-corrected chi connectivity index (χ1v) is 9.83. The molecule has 1 aromatic heterocycles. The number of carbonyl (C=O) groups is 2. The number of amides is 2. The third-order valence-electron chi connectivity index (χ3n) is 5.67. The third-order valence-corrected chi connectivity index (χ3v) is 5.67. The van der Waals surface area contributed by atoms with Crippen LogP contribution in [0, 0.1) is 6.92 Å². The van der Waals surface area contributed by atoms with Crippen LogP contribution in [0.4, 0.5) is 5.69 Å². The highest BCUT2D eigenvalue weighted by molar-refractivity contribution is 6.06. The Labute approximate surface area is 179 Å². The molecule has 0 bridgehead atoms. The van der Waals surface area contributed by atoms with Crippen molar-refractivity contribution in [3.05, 3.63) is 59.4 Å². The van der Waals surface area contributed by atoms with E-state index in [4.69, 9.17) is 14.9 Å². The molecule has 0 spiro atoms. The Kier molecular flexibility index (Phi) is 4.93. The first-order valence-electron chi connectivity index (χ1n) is 9.83. The normalized spacial score (nSPS) is 18.8. The van der Waals surface area contributed by atoms with Crippen LogP contribution in [-0.2, 0) is 10.3 Å². The quantitative estimate of drug-likeness (QED) is 0.672. The number of guanidine groups is 1. The van der Waals surface area contributed by atoms with Crippen LogP contribution in [0.2, 0.25) is 0 Å².